The summed E-state index contributed by atoms with van der Waals surface area (Å²) in [5, 5.41) is 5.02. The van der Waals surface area contributed by atoms with Crippen molar-refractivity contribution in [2.75, 3.05) is 0 Å². The molecule has 2 heteroatoms. The molecule has 0 fully saturated rings. The number of hydrogen-bond donors (Lipinski definition) is 0. The number of hydrogen-bond acceptors (Lipinski definition) is 1. The summed E-state index contributed by atoms with van der Waals surface area (Å²) in [6, 6.07) is 54.9. The fraction of sp³-hybridized carbons (Fsp3) is 0.0444. The Hall–Kier alpha value is -5.99. The zero-order valence-corrected chi connectivity index (χ0v) is 26.0. The highest BCUT2D eigenvalue weighted by Gasteiger charge is 2.19. The summed E-state index contributed by atoms with van der Waals surface area (Å²) < 4.78 is 2.31. The molecular formula is C45H32N2. The Labute approximate surface area is 274 Å². The first-order valence-electron chi connectivity index (χ1n) is 16.4. The van der Waals surface area contributed by atoms with Crippen molar-refractivity contribution in [3.63, 3.8) is 0 Å². The van der Waals surface area contributed by atoms with E-state index in [0.717, 1.165) is 35.4 Å². The van der Waals surface area contributed by atoms with Crippen molar-refractivity contribution in [2.45, 2.75) is 12.8 Å². The van der Waals surface area contributed by atoms with Gasteiger partial charge in [-0.3, -0.25) is 4.57 Å². The van der Waals surface area contributed by atoms with Gasteiger partial charge in [0.05, 0.1) is 11.0 Å². The number of fused-ring (bicyclic) bond motifs is 3. The smallest absolute Gasteiger partial charge is 0.145 e. The van der Waals surface area contributed by atoms with Gasteiger partial charge in [0, 0.05) is 11.3 Å². The molecular weight excluding hydrogens is 569 g/mol. The number of para-hydroxylation sites is 2. The van der Waals surface area contributed by atoms with Gasteiger partial charge in [0.2, 0.25) is 0 Å². The number of nitrogens with zero attached hydrogens (tertiary/aromatic N) is 2. The Bertz CT molecular complexity index is 2480. The number of allylic oxidation sites excluding steroid dienone is 4. The zero-order valence-electron chi connectivity index (χ0n) is 26.0. The molecule has 0 atom stereocenters. The van der Waals surface area contributed by atoms with E-state index in [-0.39, 0.29) is 0 Å². The van der Waals surface area contributed by atoms with Crippen molar-refractivity contribution >= 4 is 38.2 Å². The number of aromatic nitrogens is 2. The van der Waals surface area contributed by atoms with Gasteiger partial charge >= 0.3 is 0 Å². The summed E-state index contributed by atoms with van der Waals surface area (Å²) in [6.45, 7) is 0. The highest BCUT2D eigenvalue weighted by Crippen LogP contribution is 2.45. The minimum Gasteiger partial charge on any atom is -0.292 e. The predicted molar refractivity (Wildman–Crippen MR) is 199 cm³/mol. The van der Waals surface area contributed by atoms with Crippen LogP contribution in [-0.2, 0) is 0 Å². The third kappa shape index (κ3) is 4.69. The molecule has 9 rings (SSSR count). The molecule has 222 valence electrons. The summed E-state index contributed by atoms with van der Waals surface area (Å²) in [4.78, 5) is 5.10. The fourth-order valence-electron chi connectivity index (χ4n) is 7.25. The molecule has 0 bridgehead atoms. The maximum atomic E-state index is 5.10. The van der Waals surface area contributed by atoms with Crippen molar-refractivity contribution in [2.24, 2.45) is 0 Å². The zero-order chi connectivity index (χ0) is 31.2. The van der Waals surface area contributed by atoms with Crippen LogP contribution in [0.15, 0.2) is 170 Å². The van der Waals surface area contributed by atoms with E-state index in [2.05, 4.69) is 174 Å². The van der Waals surface area contributed by atoms with Crippen LogP contribution in [0.25, 0.3) is 77.2 Å². The molecule has 1 aliphatic rings. The highest BCUT2D eigenvalue weighted by molar-refractivity contribution is 6.22. The molecule has 0 saturated heterocycles. The van der Waals surface area contributed by atoms with E-state index in [1.54, 1.807) is 0 Å². The molecule has 0 saturated carbocycles. The quantitative estimate of drug-likeness (QED) is 0.180. The van der Waals surface area contributed by atoms with Crippen LogP contribution in [0.1, 0.15) is 18.7 Å². The van der Waals surface area contributed by atoms with Crippen LogP contribution in [0.3, 0.4) is 0 Å². The molecule has 47 heavy (non-hydrogen) atoms. The molecule has 0 N–H and O–H groups in total. The van der Waals surface area contributed by atoms with Gasteiger partial charge in [-0.2, -0.15) is 0 Å². The molecule has 8 aromatic rings. The maximum absolute atomic E-state index is 5.10. The van der Waals surface area contributed by atoms with Gasteiger partial charge in [-0.05, 0) is 98.1 Å². The van der Waals surface area contributed by atoms with Crippen LogP contribution < -0.4 is 0 Å². The second kappa shape index (κ2) is 11.4. The van der Waals surface area contributed by atoms with E-state index in [4.69, 9.17) is 4.98 Å². The molecule has 0 spiro atoms. The Morgan fingerprint density at radius 3 is 1.79 bits per heavy atom. The molecule has 0 radical (unpaired) electrons. The van der Waals surface area contributed by atoms with E-state index in [1.165, 1.54) is 60.5 Å². The van der Waals surface area contributed by atoms with E-state index in [0.29, 0.717) is 0 Å². The third-order valence-electron chi connectivity index (χ3n) is 9.42. The van der Waals surface area contributed by atoms with E-state index in [1.807, 2.05) is 0 Å². The first-order valence-corrected chi connectivity index (χ1v) is 16.4. The molecule has 0 unspecified atom stereocenters. The second-order valence-corrected chi connectivity index (χ2v) is 12.2. The average molecular weight is 601 g/mol. The Balaban J connectivity index is 1.29. The van der Waals surface area contributed by atoms with Crippen LogP contribution in [-0.4, -0.2) is 9.55 Å². The van der Waals surface area contributed by atoms with Gasteiger partial charge in [-0.15, -0.1) is 0 Å². The number of rotatable bonds is 5. The number of imidazole rings is 1. The van der Waals surface area contributed by atoms with Crippen molar-refractivity contribution in [1.82, 2.24) is 9.55 Å². The lowest BCUT2D eigenvalue weighted by molar-refractivity contribution is 1.01. The minimum atomic E-state index is 0.991. The summed E-state index contributed by atoms with van der Waals surface area (Å²) in [5.74, 6) is 0.991. The topological polar surface area (TPSA) is 17.8 Å². The van der Waals surface area contributed by atoms with Crippen LogP contribution in [0.2, 0.25) is 0 Å². The van der Waals surface area contributed by atoms with Gasteiger partial charge in [-0.25, -0.2) is 4.98 Å². The molecule has 0 amide bonds. The van der Waals surface area contributed by atoms with E-state index in [9.17, 15) is 0 Å². The lowest BCUT2D eigenvalue weighted by Gasteiger charge is -2.19. The Morgan fingerprint density at radius 2 is 1.06 bits per heavy atom. The van der Waals surface area contributed by atoms with Gasteiger partial charge in [0.1, 0.15) is 5.82 Å². The summed E-state index contributed by atoms with van der Waals surface area (Å²) in [6.07, 6.45) is 8.89. The molecule has 1 heterocycles. The molecule has 0 aliphatic heterocycles. The lowest BCUT2D eigenvalue weighted by atomic mass is 9.85. The van der Waals surface area contributed by atoms with Crippen molar-refractivity contribution in [1.29, 1.82) is 0 Å². The van der Waals surface area contributed by atoms with E-state index < -0.39 is 0 Å². The molecule has 1 aromatic heterocycles. The molecule has 1 aliphatic carbocycles. The molecule has 2 nitrogen and oxygen atoms in total. The van der Waals surface area contributed by atoms with Gasteiger partial charge in [0.15, 0.2) is 0 Å². The Kier molecular flexibility index (Phi) is 6.64. The van der Waals surface area contributed by atoms with Crippen LogP contribution in [0, 0.1) is 0 Å². The Morgan fingerprint density at radius 1 is 0.468 bits per heavy atom. The van der Waals surface area contributed by atoms with Crippen molar-refractivity contribution in [3.8, 4) is 39.1 Å². The maximum Gasteiger partial charge on any atom is 0.145 e. The fourth-order valence-corrected chi connectivity index (χ4v) is 7.25. The van der Waals surface area contributed by atoms with Crippen LogP contribution >= 0.6 is 0 Å². The molecule has 7 aromatic carbocycles. The third-order valence-corrected chi connectivity index (χ3v) is 9.42. The average Bonchev–Trinajstić information content (AvgIpc) is 3.54. The standard InChI is InChI=1S/C45H32N2/c1-4-14-31(15-5-1)35-26-29-39-40(30-35)44(38-21-11-10-20-37(38)43(39)32-16-6-2-7-17-32)33-24-27-36(28-25-33)47-42-23-13-12-22-41(42)46-45(47)34-18-8-3-9-19-34/h1-2,4-8,10-30H,3,9H2. The van der Waals surface area contributed by atoms with E-state index >= 15 is 0 Å². The second-order valence-electron chi connectivity index (χ2n) is 12.2. The number of benzene rings is 7. The summed E-state index contributed by atoms with van der Waals surface area (Å²) in [5.41, 5.74) is 11.8. The minimum absolute atomic E-state index is 0.991. The summed E-state index contributed by atoms with van der Waals surface area (Å²) >= 11 is 0. The van der Waals surface area contributed by atoms with Gasteiger partial charge < -0.3 is 0 Å². The van der Waals surface area contributed by atoms with Gasteiger partial charge in [-0.1, -0.05) is 140 Å². The van der Waals surface area contributed by atoms with Crippen molar-refractivity contribution in [3.05, 3.63) is 176 Å². The van der Waals surface area contributed by atoms with Gasteiger partial charge in [0.25, 0.3) is 0 Å². The first kappa shape index (κ1) is 27.3. The van der Waals surface area contributed by atoms with Crippen LogP contribution in [0.5, 0.6) is 0 Å². The lowest BCUT2D eigenvalue weighted by Crippen LogP contribution is -2.01. The highest BCUT2D eigenvalue weighted by atomic mass is 15.1. The predicted octanol–water partition coefficient (Wildman–Crippen LogP) is 12.1. The van der Waals surface area contributed by atoms with Crippen molar-refractivity contribution < 1.29 is 0 Å². The SMILES string of the molecule is C1=CC(c2nc3ccccc3n2-c2ccc(-c3c4ccccc4c(-c4ccccc4)c4ccc(-c5ccccc5)cc34)cc2)=CCC1. The van der Waals surface area contributed by atoms with Crippen LogP contribution in [0.4, 0.5) is 0 Å². The normalized spacial score (nSPS) is 13.0. The monoisotopic (exact) mass is 600 g/mol. The first-order chi connectivity index (χ1) is 23.3. The largest absolute Gasteiger partial charge is 0.292 e. The summed E-state index contributed by atoms with van der Waals surface area (Å²) in [7, 11) is 0.